The Bertz CT molecular complexity index is 960. The van der Waals surface area contributed by atoms with Crippen LogP contribution in [0.1, 0.15) is 30.4 Å². The van der Waals surface area contributed by atoms with Crippen molar-refractivity contribution in [3.05, 3.63) is 35.4 Å². The summed E-state index contributed by atoms with van der Waals surface area (Å²) in [5, 5.41) is 2.82. The first-order valence-electron chi connectivity index (χ1n) is 9.42. The Kier molecular flexibility index (Phi) is 4.45. The number of benzene rings is 1. The molecule has 2 fully saturated rings. The summed E-state index contributed by atoms with van der Waals surface area (Å²) in [6.07, 6.45) is 2.49. The van der Waals surface area contributed by atoms with Crippen molar-refractivity contribution in [1.82, 2.24) is 15.1 Å². The number of nitrogens with one attached hydrogen (secondary N) is 1. The number of likely N-dealkylation sites (N-methyl/N-ethyl adjacent to an activating group) is 1. The first kappa shape index (κ1) is 18.9. The summed E-state index contributed by atoms with van der Waals surface area (Å²) >= 11 is 0. The Morgan fingerprint density at radius 2 is 2.07 bits per heavy atom. The molecule has 150 valence electrons. The number of carbonyl (C=O) groups is 3. The number of fused-ring (bicyclic) bond motifs is 2. The lowest BCUT2D eigenvalue weighted by Crippen LogP contribution is -2.48. The van der Waals surface area contributed by atoms with E-state index < -0.39 is 39.3 Å². The molecule has 1 aliphatic carbocycles. The predicted molar refractivity (Wildman–Crippen MR) is 101 cm³/mol. The highest BCUT2D eigenvalue weighted by molar-refractivity contribution is 7.91. The Morgan fingerprint density at radius 1 is 1.32 bits per heavy atom. The van der Waals surface area contributed by atoms with Gasteiger partial charge in [-0.25, -0.2) is 13.2 Å². The molecular formula is C19H23N3O5S. The molecule has 0 radical (unpaired) electrons. The van der Waals surface area contributed by atoms with E-state index in [0.29, 0.717) is 12.8 Å². The Morgan fingerprint density at radius 3 is 2.79 bits per heavy atom. The van der Waals surface area contributed by atoms with E-state index in [0.717, 1.165) is 28.9 Å². The third kappa shape index (κ3) is 2.97. The second-order valence-corrected chi connectivity index (χ2v) is 10.0. The summed E-state index contributed by atoms with van der Waals surface area (Å²) in [4.78, 5) is 40.8. The number of nitrogens with zero attached hydrogens (tertiary/aromatic N) is 2. The van der Waals surface area contributed by atoms with Gasteiger partial charge in [0.2, 0.25) is 5.91 Å². The van der Waals surface area contributed by atoms with Crippen molar-refractivity contribution in [2.75, 3.05) is 25.1 Å². The molecule has 0 aromatic heterocycles. The van der Waals surface area contributed by atoms with Crippen LogP contribution in [0.3, 0.4) is 0 Å². The van der Waals surface area contributed by atoms with Gasteiger partial charge in [0.05, 0.1) is 11.5 Å². The van der Waals surface area contributed by atoms with Crippen LogP contribution >= 0.6 is 0 Å². The van der Waals surface area contributed by atoms with E-state index in [1.165, 1.54) is 11.9 Å². The van der Waals surface area contributed by atoms with Crippen molar-refractivity contribution < 1.29 is 22.8 Å². The third-order valence-electron chi connectivity index (χ3n) is 6.09. The Balaban J connectivity index is 1.54. The van der Waals surface area contributed by atoms with E-state index in [4.69, 9.17) is 0 Å². The Labute approximate surface area is 163 Å². The predicted octanol–water partition coefficient (Wildman–Crippen LogP) is 0.416. The molecule has 0 bridgehead atoms. The molecule has 4 amide bonds. The molecule has 2 aliphatic heterocycles. The van der Waals surface area contributed by atoms with Crippen LogP contribution in [0.25, 0.3) is 0 Å². The summed E-state index contributed by atoms with van der Waals surface area (Å²) in [6.45, 7) is -0.387. The number of hydrogen-bond donors (Lipinski definition) is 1. The average Bonchev–Trinajstić information content (AvgIpc) is 3.14. The third-order valence-corrected chi connectivity index (χ3v) is 7.84. The number of carbonyl (C=O) groups excluding carboxylic acids is 3. The maximum absolute atomic E-state index is 13.2. The fourth-order valence-electron chi connectivity index (χ4n) is 4.49. The zero-order chi connectivity index (χ0) is 20.1. The minimum Gasteiger partial charge on any atom is -0.340 e. The van der Waals surface area contributed by atoms with Gasteiger partial charge in [-0.05, 0) is 36.8 Å². The monoisotopic (exact) mass is 405 g/mol. The maximum Gasteiger partial charge on any atom is 0.325 e. The van der Waals surface area contributed by atoms with E-state index >= 15 is 0 Å². The van der Waals surface area contributed by atoms with E-state index in [2.05, 4.69) is 5.32 Å². The van der Waals surface area contributed by atoms with Gasteiger partial charge in [0.1, 0.15) is 12.1 Å². The van der Waals surface area contributed by atoms with Crippen molar-refractivity contribution in [3.63, 3.8) is 0 Å². The van der Waals surface area contributed by atoms with Crippen LogP contribution in [0.5, 0.6) is 0 Å². The summed E-state index contributed by atoms with van der Waals surface area (Å²) in [5.74, 6) is -0.873. The van der Waals surface area contributed by atoms with E-state index in [1.54, 1.807) is 0 Å². The van der Waals surface area contributed by atoms with Gasteiger partial charge < -0.3 is 10.2 Å². The van der Waals surface area contributed by atoms with Crippen LogP contribution in [0.2, 0.25) is 0 Å². The number of urea groups is 1. The number of amides is 4. The molecule has 0 unspecified atom stereocenters. The highest BCUT2D eigenvalue weighted by atomic mass is 32.2. The van der Waals surface area contributed by atoms with E-state index in [1.807, 2.05) is 24.3 Å². The van der Waals surface area contributed by atoms with Crippen LogP contribution in [-0.2, 0) is 31.4 Å². The minimum atomic E-state index is -3.13. The fraction of sp³-hybridized carbons (Fsp3) is 0.526. The van der Waals surface area contributed by atoms with Crippen molar-refractivity contribution in [2.24, 2.45) is 0 Å². The van der Waals surface area contributed by atoms with Gasteiger partial charge in [-0.3, -0.25) is 14.5 Å². The lowest BCUT2D eigenvalue weighted by atomic mass is 9.76. The number of sulfone groups is 1. The minimum absolute atomic E-state index is 0.0539. The topological polar surface area (TPSA) is 104 Å². The molecule has 4 rings (SSSR count). The molecule has 0 saturated carbocycles. The second kappa shape index (κ2) is 6.58. The fourth-order valence-corrected chi connectivity index (χ4v) is 6.26. The SMILES string of the molecule is CN(C(=O)CN1C(=O)N[C@]2(CCCc3ccccc32)C1=O)[C@@H]1CCS(=O)(=O)C1. The first-order chi connectivity index (χ1) is 13.2. The van der Waals surface area contributed by atoms with E-state index in [9.17, 15) is 22.8 Å². The first-order valence-corrected chi connectivity index (χ1v) is 11.2. The van der Waals surface area contributed by atoms with Gasteiger partial charge in [-0.15, -0.1) is 0 Å². The lowest BCUT2D eigenvalue weighted by Gasteiger charge is -2.33. The molecule has 2 saturated heterocycles. The van der Waals surface area contributed by atoms with Crippen LogP contribution in [0.15, 0.2) is 24.3 Å². The smallest absolute Gasteiger partial charge is 0.325 e. The maximum atomic E-state index is 13.2. The molecule has 1 spiro atoms. The number of aryl methyl sites for hydroxylation is 1. The summed E-state index contributed by atoms with van der Waals surface area (Å²) in [7, 11) is -1.61. The van der Waals surface area contributed by atoms with Crippen LogP contribution in [-0.4, -0.2) is 67.2 Å². The van der Waals surface area contributed by atoms with Crippen LogP contribution in [0.4, 0.5) is 4.79 Å². The highest BCUT2D eigenvalue weighted by Crippen LogP contribution is 2.39. The van der Waals surface area contributed by atoms with Gasteiger partial charge in [-0.2, -0.15) is 0 Å². The van der Waals surface area contributed by atoms with E-state index in [-0.39, 0.29) is 18.1 Å². The molecule has 1 aromatic rings. The van der Waals surface area contributed by atoms with Crippen molar-refractivity contribution in [3.8, 4) is 0 Å². The Hall–Kier alpha value is -2.42. The molecule has 1 N–H and O–H groups in total. The van der Waals surface area contributed by atoms with Crippen molar-refractivity contribution in [1.29, 1.82) is 0 Å². The summed E-state index contributed by atoms with van der Waals surface area (Å²) < 4.78 is 23.3. The second-order valence-electron chi connectivity index (χ2n) is 7.80. The quantitative estimate of drug-likeness (QED) is 0.734. The van der Waals surface area contributed by atoms with Gasteiger partial charge >= 0.3 is 6.03 Å². The largest absolute Gasteiger partial charge is 0.340 e. The molecule has 8 nitrogen and oxygen atoms in total. The normalized spacial score (nSPS) is 28.3. The molecule has 3 aliphatic rings. The summed E-state index contributed by atoms with van der Waals surface area (Å²) in [5.41, 5.74) is 0.718. The lowest BCUT2D eigenvalue weighted by molar-refractivity contribution is -0.139. The number of rotatable bonds is 3. The van der Waals surface area contributed by atoms with Crippen LogP contribution < -0.4 is 5.32 Å². The zero-order valence-electron chi connectivity index (χ0n) is 15.7. The van der Waals surface area contributed by atoms with Gasteiger partial charge in [0, 0.05) is 13.1 Å². The van der Waals surface area contributed by atoms with Crippen molar-refractivity contribution in [2.45, 2.75) is 37.3 Å². The summed E-state index contributed by atoms with van der Waals surface area (Å²) in [6, 6.07) is 6.56. The van der Waals surface area contributed by atoms with Gasteiger partial charge in [-0.1, -0.05) is 24.3 Å². The molecule has 1 aromatic carbocycles. The number of imide groups is 1. The van der Waals surface area contributed by atoms with Crippen LogP contribution in [0, 0.1) is 0 Å². The molecule has 28 heavy (non-hydrogen) atoms. The number of hydrogen-bond acceptors (Lipinski definition) is 5. The van der Waals surface area contributed by atoms with Gasteiger partial charge in [0.15, 0.2) is 9.84 Å². The highest BCUT2D eigenvalue weighted by Gasteiger charge is 2.54. The molecule has 2 heterocycles. The van der Waals surface area contributed by atoms with Gasteiger partial charge in [0.25, 0.3) is 5.91 Å². The average molecular weight is 405 g/mol. The van der Waals surface area contributed by atoms with Crippen molar-refractivity contribution >= 4 is 27.7 Å². The molecule has 9 heteroatoms. The standard InChI is InChI=1S/C19H23N3O5S/c1-21(14-8-10-28(26,27)12-14)16(23)11-22-17(24)19(20-18(22)25)9-4-6-13-5-2-3-7-15(13)19/h2-3,5,7,14H,4,6,8-12H2,1H3,(H,20,25)/t14-,19+/m1/s1. The zero-order valence-corrected chi connectivity index (χ0v) is 16.5. The molecule has 2 atom stereocenters. The molecular weight excluding hydrogens is 382 g/mol.